The Morgan fingerprint density at radius 2 is 2.11 bits per heavy atom. The van der Waals surface area contributed by atoms with Gasteiger partial charge in [0.15, 0.2) is 4.96 Å². The van der Waals surface area contributed by atoms with Gasteiger partial charge in [-0.15, -0.1) is 11.3 Å². The molecule has 1 saturated heterocycles. The van der Waals surface area contributed by atoms with Gasteiger partial charge in [-0.05, 0) is 19.8 Å². The minimum absolute atomic E-state index is 0.0451. The molecule has 1 aliphatic rings. The number of amides is 1. The van der Waals surface area contributed by atoms with Crippen LogP contribution in [0.3, 0.4) is 0 Å². The van der Waals surface area contributed by atoms with Gasteiger partial charge in [-0.2, -0.15) is 0 Å². The Bertz CT molecular complexity index is 979. The van der Waals surface area contributed by atoms with Crippen molar-refractivity contribution in [1.82, 2.24) is 14.3 Å². The summed E-state index contributed by atoms with van der Waals surface area (Å²) in [5.41, 5.74) is 2.89. The second-order valence-corrected chi connectivity index (χ2v) is 7.82. The predicted molar refractivity (Wildman–Crippen MR) is 108 cm³/mol. The zero-order chi connectivity index (χ0) is 19.5. The monoisotopic (exact) mass is 397 g/mol. The highest BCUT2D eigenvalue weighted by Crippen LogP contribution is 2.25. The summed E-state index contributed by atoms with van der Waals surface area (Å²) in [7, 11) is 0. The topological polar surface area (TPSA) is 63.9 Å². The first-order valence-corrected chi connectivity index (χ1v) is 10.5. The lowest BCUT2D eigenvalue weighted by Crippen LogP contribution is -2.43. The molecule has 0 aliphatic carbocycles. The van der Waals surface area contributed by atoms with Gasteiger partial charge < -0.3 is 9.64 Å². The van der Waals surface area contributed by atoms with Crippen LogP contribution in [0.1, 0.15) is 25.5 Å². The van der Waals surface area contributed by atoms with Gasteiger partial charge >= 0.3 is 5.97 Å². The molecule has 0 radical (unpaired) electrons. The van der Waals surface area contributed by atoms with Gasteiger partial charge in [-0.3, -0.25) is 14.0 Å². The number of nitrogens with zero attached hydrogens (tertiary/aromatic N) is 3. The number of rotatable bonds is 5. The van der Waals surface area contributed by atoms with E-state index < -0.39 is 0 Å². The van der Waals surface area contributed by atoms with E-state index in [-0.39, 0.29) is 17.8 Å². The molecular formula is C21H23N3O3S. The Kier molecular flexibility index (Phi) is 5.43. The van der Waals surface area contributed by atoms with Crippen molar-refractivity contribution in [3.63, 3.8) is 0 Å². The molecule has 1 unspecified atom stereocenters. The van der Waals surface area contributed by atoms with Gasteiger partial charge in [0.2, 0.25) is 5.91 Å². The van der Waals surface area contributed by atoms with E-state index in [1.165, 1.54) is 11.3 Å². The Morgan fingerprint density at radius 1 is 1.29 bits per heavy atom. The molecule has 3 heterocycles. The number of benzene rings is 1. The van der Waals surface area contributed by atoms with Crippen LogP contribution in [-0.2, 0) is 20.7 Å². The highest BCUT2D eigenvalue weighted by atomic mass is 32.1. The lowest BCUT2D eigenvalue weighted by Gasteiger charge is -2.31. The molecule has 1 atom stereocenters. The summed E-state index contributed by atoms with van der Waals surface area (Å²) >= 11 is 1.54. The minimum atomic E-state index is -0.210. The molecule has 146 valence electrons. The van der Waals surface area contributed by atoms with E-state index in [9.17, 15) is 9.59 Å². The molecule has 6 nitrogen and oxygen atoms in total. The number of aromatic nitrogens is 2. The normalized spacial score (nSPS) is 17.0. The number of imidazole rings is 1. The average molecular weight is 398 g/mol. The van der Waals surface area contributed by atoms with Crippen molar-refractivity contribution < 1.29 is 14.3 Å². The van der Waals surface area contributed by atoms with Gasteiger partial charge in [0, 0.05) is 35.9 Å². The smallest absolute Gasteiger partial charge is 0.310 e. The number of esters is 1. The second kappa shape index (κ2) is 8.14. The molecule has 3 aromatic rings. The number of thiazole rings is 1. The number of piperidine rings is 1. The zero-order valence-electron chi connectivity index (χ0n) is 15.8. The maximum atomic E-state index is 12.9. The second-order valence-electron chi connectivity index (χ2n) is 6.98. The van der Waals surface area contributed by atoms with Gasteiger partial charge in [0.1, 0.15) is 0 Å². The van der Waals surface area contributed by atoms with Crippen molar-refractivity contribution in [3.8, 4) is 11.3 Å². The van der Waals surface area contributed by atoms with Crippen molar-refractivity contribution in [2.24, 2.45) is 5.92 Å². The number of carbonyl (C=O) groups is 2. The minimum Gasteiger partial charge on any atom is -0.466 e. The van der Waals surface area contributed by atoms with Crippen LogP contribution in [0.5, 0.6) is 0 Å². The average Bonchev–Trinajstić information content (AvgIpc) is 3.31. The third-order valence-corrected chi connectivity index (χ3v) is 5.97. The fourth-order valence-corrected chi connectivity index (χ4v) is 4.50. The standard InChI is InChI=1S/C21H23N3O3S/c1-2-27-20(26)16-9-6-10-23(12-16)19(25)11-17-14-28-21-22-18(13-24(17)21)15-7-4-3-5-8-15/h3-5,7-8,13-14,16H,2,6,9-12H2,1H3. The quantitative estimate of drug-likeness (QED) is 0.619. The molecule has 1 fully saturated rings. The first kappa shape index (κ1) is 18.7. The number of ether oxygens (including phenoxy) is 1. The highest BCUT2D eigenvalue weighted by Gasteiger charge is 2.29. The third kappa shape index (κ3) is 3.80. The van der Waals surface area contributed by atoms with Crippen molar-refractivity contribution in [1.29, 1.82) is 0 Å². The molecule has 1 aliphatic heterocycles. The summed E-state index contributed by atoms with van der Waals surface area (Å²) in [6.45, 7) is 3.33. The summed E-state index contributed by atoms with van der Waals surface area (Å²) in [6.07, 6.45) is 3.91. The van der Waals surface area contributed by atoms with Gasteiger partial charge in [0.25, 0.3) is 0 Å². The number of hydrogen-bond acceptors (Lipinski definition) is 5. The van der Waals surface area contributed by atoms with E-state index in [2.05, 4.69) is 4.98 Å². The van der Waals surface area contributed by atoms with Gasteiger partial charge in [-0.1, -0.05) is 30.3 Å². The lowest BCUT2D eigenvalue weighted by molar-refractivity contribution is -0.151. The molecule has 4 rings (SSSR count). The summed E-state index contributed by atoms with van der Waals surface area (Å²) in [5.74, 6) is -0.359. The van der Waals surface area contributed by atoms with E-state index in [1.807, 2.05) is 46.3 Å². The fourth-order valence-electron chi connectivity index (χ4n) is 3.63. The molecule has 0 spiro atoms. The largest absolute Gasteiger partial charge is 0.466 e. The highest BCUT2D eigenvalue weighted by molar-refractivity contribution is 7.15. The molecule has 1 amide bonds. The van der Waals surface area contributed by atoms with Gasteiger partial charge in [-0.25, -0.2) is 4.98 Å². The zero-order valence-corrected chi connectivity index (χ0v) is 16.7. The third-order valence-electron chi connectivity index (χ3n) is 5.08. The number of hydrogen-bond donors (Lipinski definition) is 0. The molecule has 0 N–H and O–H groups in total. The van der Waals surface area contributed by atoms with E-state index in [4.69, 9.17) is 4.74 Å². The van der Waals surface area contributed by atoms with Crippen LogP contribution in [0.2, 0.25) is 0 Å². The number of likely N-dealkylation sites (tertiary alicyclic amines) is 1. The van der Waals surface area contributed by atoms with Crippen molar-refractivity contribution in [3.05, 3.63) is 47.6 Å². The molecule has 0 bridgehead atoms. The number of carbonyl (C=O) groups excluding carboxylic acids is 2. The lowest BCUT2D eigenvalue weighted by atomic mass is 9.98. The van der Waals surface area contributed by atoms with Crippen LogP contribution in [0.4, 0.5) is 0 Å². The summed E-state index contributed by atoms with van der Waals surface area (Å²) in [5, 5.41) is 1.99. The van der Waals surface area contributed by atoms with Crippen molar-refractivity contribution in [2.75, 3.05) is 19.7 Å². The van der Waals surface area contributed by atoms with E-state index in [0.717, 1.165) is 34.8 Å². The Morgan fingerprint density at radius 3 is 2.89 bits per heavy atom. The van der Waals surface area contributed by atoms with Crippen LogP contribution in [0.25, 0.3) is 16.2 Å². The molecule has 1 aromatic carbocycles. The van der Waals surface area contributed by atoms with Crippen LogP contribution in [-0.4, -0.2) is 45.9 Å². The summed E-state index contributed by atoms with van der Waals surface area (Å²) in [4.78, 5) is 32.2. The van der Waals surface area contributed by atoms with Crippen molar-refractivity contribution >= 4 is 28.2 Å². The first-order chi connectivity index (χ1) is 13.7. The van der Waals surface area contributed by atoms with Crippen LogP contribution in [0.15, 0.2) is 41.9 Å². The van der Waals surface area contributed by atoms with E-state index in [1.54, 1.807) is 11.8 Å². The summed E-state index contributed by atoms with van der Waals surface area (Å²) < 4.78 is 7.13. The Labute approximate surface area is 167 Å². The van der Waals surface area contributed by atoms with E-state index in [0.29, 0.717) is 26.1 Å². The van der Waals surface area contributed by atoms with Crippen LogP contribution < -0.4 is 0 Å². The molecular weight excluding hydrogens is 374 g/mol. The maximum absolute atomic E-state index is 12.9. The van der Waals surface area contributed by atoms with Crippen molar-refractivity contribution in [2.45, 2.75) is 26.2 Å². The Balaban J connectivity index is 1.48. The maximum Gasteiger partial charge on any atom is 0.310 e. The van der Waals surface area contributed by atoms with E-state index >= 15 is 0 Å². The SMILES string of the molecule is CCOC(=O)C1CCCN(C(=O)Cc2csc3nc(-c4ccccc4)cn23)C1. The van der Waals surface area contributed by atoms with Crippen LogP contribution >= 0.6 is 11.3 Å². The predicted octanol–water partition coefficient (Wildman–Crippen LogP) is 3.41. The molecule has 28 heavy (non-hydrogen) atoms. The molecule has 0 saturated carbocycles. The fraction of sp³-hybridized carbons (Fsp3) is 0.381. The molecule has 7 heteroatoms. The Hall–Kier alpha value is -2.67. The van der Waals surface area contributed by atoms with Gasteiger partial charge in [0.05, 0.1) is 24.6 Å². The first-order valence-electron chi connectivity index (χ1n) is 9.61. The summed E-state index contributed by atoms with van der Waals surface area (Å²) in [6, 6.07) is 10.0. The number of fused-ring (bicyclic) bond motifs is 1. The van der Waals surface area contributed by atoms with Crippen LogP contribution in [0, 0.1) is 5.92 Å². The molecule has 2 aromatic heterocycles.